The minimum absolute atomic E-state index is 0.00115. The first-order valence-corrected chi connectivity index (χ1v) is 11.4. The van der Waals surface area contributed by atoms with E-state index in [-0.39, 0.29) is 11.8 Å². The fraction of sp³-hybridized carbons (Fsp3) is 0.400. The van der Waals surface area contributed by atoms with Gasteiger partial charge in [0.2, 0.25) is 5.91 Å². The van der Waals surface area contributed by atoms with Crippen LogP contribution in [-0.2, 0) is 4.79 Å². The van der Waals surface area contributed by atoms with Crippen molar-refractivity contribution < 1.29 is 9.59 Å². The van der Waals surface area contributed by atoms with E-state index in [9.17, 15) is 9.59 Å². The molecule has 0 spiro atoms. The summed E-state index contributed by atoms with van der Waals surface area (Å²) < 4.78 is 0. The van der Waals surface area contributed by atoms with Gasteiger partial charge in [0.15, 0.2) is 0 Å². The summed E-state index contributed by atoms with van der Waals surface area (Å²) in [6.45, 7) is 2.94. The lowest BCUT2D eigenvalue weighted by Gasteiger charge is -2.22. The first-order chi connectivity index (χ1) is 15.0. The maximum Gasteiger partial charge on any atom is 0.252 e. The summed E-state index contributed by atoms with van der Waals surface area (Å²) in [7, 11) is 0. The molecule has 1 saturated carbocycles. The van der Waals surface area contributed by atoms with Crippen molar-refractivity contribution >= 4 is 29.1 Å². The molecule has 1 atom stereocenters. The van der Waals surface area contributed by atoms with Crippen LogP contribution in [0, 0.1) is 11.8 Å². The predicted molar refractivity (Wildman–Crippen MR) is 124 cm³/mol. The molecule has 1 fully saturated rings. The molecule has 0 radical (unpaired) electrons. The molecule has 1 heterocycles. The number of halogens is 1. The van der Waals surface area contributed by atoms with Crippen LogP contribution in [-0.4, -0.2) is 29.9 Å². The second kappa shape index (κ2) is 9.65. The van der Waals surface area contributed by atoms with Gasteiger partial charge in [-0.05, 0) is 68.2 Å². The quantitative estimate of drug-likeness (QED) is 0.601. The van der Waals surface area contributed by atoms with Gasteiger partial charge in [0.05, 0.1) is 22.0 Å². The maximum atomic E-state index is 12.4. The van der Waals surface area contributed by atoms with E-state index < -0.39 is 0 Å². The zero-order valence-electron chi connectivity index (χ0n) is 17.8. The number of anilines is 1. The highest BCUT2D eigenvalue weighted by molar-refractivity contribution is 6.34. The second-order valence-electron chi connectivity index (χ2n) is 8.50. The summed E-state index contributed by atoms with van der Waals surface area (Å²) in [5.41, 5.74) is 2.86. The normalized spacial score (nSPS) is 17.9. The molecule has 1 N–H and O–H groups in total. The highest BCUT2D eigenvalue weighted by atomic mass is 35.5. The van der Waals surface area contributed by atoms with E-state index in [0.717, 1.165) is 29.8 Å². The number of amides is 2. The van der Waals surface area contributed by atoms with Crippen LogP contribution < -0.4 is 10.2 Å². The lowest BCUT2D eigenvalue weighted by Crippen LogP contribution is -2.30. The van der Waals surface area contributed by atoms with Crippen molar-refractivity contribution in [1.29, 1.82) is 0 Å². The summed E-state index contributed by atoms with van der Waals surface area (Å²) >= 11 is 6.53. The first kappa shape index (κ1) is 21.6. The van der Waals surface area contributed by atoms with Crippen LogP contribution >= 0.6 is 11.6 Å². The molecule has 0 bridgehead atoms. The van der Waals surface area contributed by atoms with E-state index in [0.29, 0.717) is 35.5 Å². The Labute approximate surface area is 188 Å². The molecule has 2 aromatic rings. The molecule has 1 aromatic carbocycles. The van der Waals surface area contributed by atoms with Crippen LogP contribution in [0.1, 0.15) is 49.4 Å². The van der Waals surface area contributed by atoms with Gasteiger partial charge >= 0.3 is 0 Å². The Hall–Kier alpha value is -2.66. The van der Waals surface area contributed by atoms with Crippen LogP contribution in [0.15, 0.2) is 48.7 Å². The largest absolute Gasteiger partial charge is 0.351 e. The van der Waals surface area contributed by atoms with Gasteiger partial charge in [-0.1, -0.05) is 29.8 Å². The highest BCUT2D eigenvalue weighted by Gasteiger charge is 2.27. The summed E-state index contributed by atoms with van der Waals surface area (Å²) in [4.78, 5) is 30.7. The molecule has 1 unspecified atom stereocenters. The zero-order chi connectivity index (χ0) is 21.8. The third-order valence-electron chi connectivity index (χ3n) is 5.96. The molecule has 2 aliphatic rings. The van der Waals surface area contributed by atoms with Crippen molar-refractivity contribution in [3.05, 3.63) is 59.3 Å². The number of aromatic nitrogens is 1. The number of nitrogens with zero attached hydrogens (tertiary/aromatic N) is 2. The molecule has 1 aromatic heterocycles. The minimum atomic E-state index is -0.108. The van der Waals surface area contributed by atoms with Gasteiger partial charge in [0, 0.05) is 31.8 Å². The van der Waals surface area contributed by atoms with Gasteiger partial charge in [-0.25, -0.2) is 0 Å². The Balaban J connectivity index is 1.42. The number of carbonyl (C=O) groups is 2. The number of carbonyl (C=O) groups excluding carboxylic acids is 2. The molecular weight excluding hydrogens is 410 g/mol. The maximum absolute atomic E-state index is 12.4. The molecule has 31 heavy (non-hydrogen) atoms. The van der Waals surface area contributed by atoms with Crippen molar-refractivity contribution in [2.75, 3.05) is 18.0 Å². The highest BCUT2D eigenvalue weighted by Crippen LogP contribution is 2.35. The monoisotopic (exact) mass is 437 g/mol. The van der Waals surface area contributed by atoms with Gasteiger partial charge in [-0.2, -0.15) is 0 Å². The minimum Gasteiger partial charge on any atom is -0.351 e. The molecule has 0 aliphatic heterocycles. The Morgan fingerprint density at radius 2 is 2.03 bits per heavy atom. The average molecular weight is 438 g/mol. The predicted octanol–water partition coefficient (Wildman–Crippen LogP) is 5.25. The number of rotatable bonds is 7. The van der Waals surface area contributed by atoms with E-state index in [1.54, 1.807) is 24.1 Å². The van der Waals surface area contributed by atoms with Gasteiger partial charge in [0.1, 0.15) is 0 Å². The summed E-state index contributed by atoms with van der Waals surface area (Å²) in [6, 6.07) is 9.24. The molecule has 6 heteroatoms. The topological polar surface area (TPSA) is 62.3 Å². The fourth-order valence-corrected chi connectivity index (χ4v) is 4.20. The van der Waals surface area contributed by atoms with E-state index in [4.69, 9.17) is 11.6 Å². The number of pyridine rings is 1. The Kier molecular flexibility index (Phi) is 6.71. The summed E-state index contributed by atoms with van der Waals surface area (Å²) in [6.07, 6.45) is 11.7. The van der Waals surface area contributed by atoms with E-state index in [1.165, 1.54) is 19.3 Å². The van der Waals surface area contributed by atoms with Gasteiger partial charge in [0.25, 0.3) is 5.91 Å². The first-order valence-electron chi connectivity index (χ1n) is 11.0. The van der Waals surface area contributed by atoms with Crippen molar-refractivity contribution in [3.8, 4) is 11.3 Å². The van der Waals surface area contributed by atoms with Gasteiger partial charge < -0.3 is 10.2 Å². The van der Waals surface area contributed by atoms with E-state index in [2.05, 4.69) is 22.5 Å². The second-order valence-corrected chi connectivity index (χ2v) is 8.91. The number of nitrogens with one attached hydrogen (secondary N) is 1. The van der Waals surface area contributed by atoms with Crippen LogP contribution in [0.2, 0.25) is 5.02 Å². The smallest absolute Gasteiger partial charge is 0.252 e. The number of hydrogen-bond donors (Lipinski definition) is 1. The van der Waals surface area contributed by atoms with Crippen LogP contribution in [0.5, 0.6) is 0 Å². The van der Waals surface area contributed by atoms with Crippen molar-refractivity contribution in [2.24, 2.45) is 11.8 Å². The fourth-order valence-electron chi connectivity index (χ4n) is 3.92. The SMILES string of the molecule is CC(=O)N(CC1CC1)c1ccc(-c2ccc(C(=O)NCC3C=CCCC3)cn2)cc1Cl. The molecule has 162 valence electrons. The Morgan fingerprint density at radius 3 is 2.65 bits per heavy atom. The molecule has 2 aliphatic carbocycles. The lowest BCUT2D eigenvalue weighted by atomic mass is 9.96. The number of benzene rings is 1. The zero-order valence-corrected chi connectivity index (χ0v) is 18.6. The Morgan fingerprint density at radius 1 is 1.19 bits per heavy atom. The van der Waals surface area contributed by atoms with Crippen LogP contribution in [0.3, 0.4) is 0 Å². The summed E-state index contributed by atoms with van der Waals surface area (Å²) in [5.74, 6) is 0.886. The Bertz CT molecular complexity index is 983. The standard InChI is InChI=1S/C25H28ClN3O2/c1-17(30)29(16-19-7-8-19)24-12-10-20(13-22(24)26)23-11-9-21(15-27-23)25(31)28-14-18-5-3-2-4-6-18/h3,5,9-13,15,18-19H,2,4,6-8,14,16H2,1H3,(H,28,31). The molecular formula is C25H28ClN3O2. The van der Waals surface area contributed by atoms with Crippen molar-refractivity contribution in [2.45, 2.75) is 39.0 Å². The molecule has 5 nitrogen and oxygen atoms in total. The van der Waals surface area contributed by atoms with Crippen LogP contribution in [0.4, 0.5) is 5.69 Å². The van der Waals surface area contributed by atoms with Crippen molar-refractivity contribution in [1.82, 2.24) is 10.3 Å². The van der Waals surface area contributed by atoms with Gasteiger partial charge in [-0.3, -0.25) is 14.6 Å². The molecule has 0 saturated heterocycles. The van der Waals surface area contributed by atoms with Gasteiger partial charge in [-0.15, -0.1) is 0 Å². The lowest BCUT2D eigenvalue weighted by molar-refractivity contribution is -0.116. The average Bonchev–Trinajstić information content (AvgIpc) is 3.61. The number of hydrogen-bond acceptors (Lipinski definition) is 3. The van der Waals surface area contributed by atoms with E-state index in [1.807, 2.05) is 24.3 Å². The third kappa shape index (κ3) is 5.53. The molecule has 4 rings (SSSR count). The van der Waals surface area contributed by atoms with E-state index >= 15 is 0 Å². The van der Waals surface area contributed by atoms with Crippen LogP contribution in [0.25, 0.3) is 11.3 Å². The summed E-state index contributed by atoms with van der Waals surface area (Å²) in [5, 5.41) is 3.52. The third-order valence-corrected chi connectivity index (χ3v) is 6.26. The molecule has 2 amide bonds. The van der Waals surface area contributed by atoms with Crippen molar-refractivity contribution in [3.63, 3.8) is 0 Å². The number of allylic oxidation sites excluding steroid dienone is 1.